The quantitative estimate of drug-likeness (QED) is 0.777. The zero-order valence-electron chi connectivity index (χ0n) is 11.7. The Bertz CT molecular complexity index is 464. The molecule has 1 fully saturated rings. The molecule has 1 amide bonds. The predicted octanol–water partition coefficient (Wildman–Crippen LogP) is 0.791. The Morgan fingerprint density at radius 1 is 1.35 bits per heavy atom. The topological polar surface area (TPSA) is 110 Å². The maximum atomic E-state index is 11.5. The van der Waals surface area contributed by atoms with Gasteiger partial charge in [-0.05, 0) is 32.6 Å². The van der Waals surface area contributed by atoms with Crippen LogP contribution in [0, 0.1) is 5.41 Å². The van der Waals surface area contributed by atoms with E-state index in [1.807, 2.05) is 0 Å². The van der Waals surface area contributed by atoms with Crippen LogP contribution >= 0.6 is 0 Å². The number of rotatable bonds is 5. The van der Waals surface area contributed by atoms with Gasteiger partial charge in [0.1, 0.15) is 9.84 Å². The summed E-state index contributed by atoms with van der Waals surface area (Å²) in [7, 11) is -3.15. The van der Waals surface area contributed by atoms with Crippen LogP contribution in [0.5, 0.6) is 0 Å². The fraction of sp³-hybridized carbons (Fsp3) is 0.833. The van der Waals surface area contributed by atoms with Crippen molar-refractivity contribution in [1.82, 2.24) is 5.32 Å². The lowest BCUT2D eigenvalue weighted by molar-refractivity contribution is -0.150. The number of hydrogen-bond donors (Lipinski definition) is 2. The average molecular weight is 307 g/mol. The van der Waals surface area contributed by atoms with Crippen LogP contribution in [0.25, 0.3) is 0 Å². The Labute approximate surface area is 118 Å². The van der Waals surface area contributed by atoms with E-state index in [9.17, 15) is 23.1 Å². The second-order valence-electron chi connectivity index (χ2n) is 5.19. The molecule has 8 heteroatoms. The monoisotopic (exact) mass is 307 g/mol. The smallest absolute Gasteiger partial charge is 0.407 e. The van der Waals surface area contributed by atoms with Gasteiger partial charge in [0.2, 0.25) is 0 Å². The Balaban J connectivity index is 2.67. The van der Waals surface area contributed by atoms with Crippen LogP contribution in [0.15, 0.2) is 0 Å². The third-order valence-corrected chi connectivity index (χ3v) is 5.48. The van der Waals surface area contributed by atoms with Gasteiger partial charge in [-0.15, -0.1) is 0 Å². The van der Waals surface area contributed by atoms with Crippen molar-refractivity contribution in [3.8, 4) is 0 Å². The molecule has 0 bridgehead atoms. The SMILES string of the molecule is CCOC(=O)NCC1(C(=O)O)CCC(S(C)(=O)=O)CC1. The summed E-state index contributed by atoms with van der Waals surface area (Å²) in [5.74, 6) is -1.01. The number of carboxylic acid groups (broad SMARTS) is 1. The summed E-state index contributed by atoms with van der Waals surface area (Å²) >= 11 is 0. The van der Waals surface area contributed by atoms with Crippen molar-refractivity contribution in [2.45, 2.75) is 37.9 Å². The van der Waals surface area contributed by atoms with Gasteiger partial charge in [0, 0.05) is 12.8 Å². The molecule has 1 saturated carbocycles. The Kier molecular flexibility index (Phi) is 5.38. The molecule has 2 N–H and O–H groups in total. The average Bonchev–Trinajstić information content (AvgIpc) is 2.36. The van der Waals surface area contributed by atoms with Gasteiger partial charge in [-0.25, -0.2) is 13.2 Å². The number of alkyl carbamates (subject to hydrolysis) is 1. The van der Waals surface area contributed by atoms with Crippen LogP contribution in [-0.4, -0.2) is 50.2 Å². The molecule has 0 saturated heterocycles. The lowest BCUT2D eigenvalue weighted by Crippen LogP contribution is -2.47. The van der Waals surface area contributed by atoms with Gasteiger partial charge in [0.05, 0.1) is 17.3 Å². The van der Waals surface area contributed by atoms with E-state index in [2.05, 4.69) is 5.32 Å². The number of sulfone groups is 1. The van der Waals surface area contributed by atoms with Crippen molar-refractivity contribution in [2.24, 2.45) is 5.41 Å². The molecule has 7 nitrogen and oxygen atoms in total. The highest BCUT2D eigenvalue weighted by molar-refractivity contribution is 7.91. The third-order valence-electron chi connectivity index (χ3n) is 3.80. The van der Waals surface area contributed by atoms with Crippen LogP contribution in [0.1, 0.15) is 32.6 Å². The molecule has 1 aliphatic rings. The highest BCUT2D eigenvalue weighted by Crippen LogP contribution is 2.38. The van der Waals surface area contributed by atoms with E-state index in [0.717, 1.165) is 0 Å². The first kappa shape index (κ1) is 16.7. The van der Waals surface area contributed by atoms with Crippen LogP contribution in [-0.2, 0) is 19.4 Å². The van der Waals surface area contributed by atoms with E-state index in [-0.39, 0.29) is 26.0 Å². The maximum Gasteiger partial charge on any atom is 0.407 e. The van der Waals surface area contributed by atoms with Crippen molar-refractivity contribution >= 4 is 21.9 Å². The summed E-state index contributed by atoms with van der Waals surface area (Å²) in [6.07, 6.45) is 1.57. The zero-order valence-corrected chi connectivity index (χ0v) is 12.5. The Morgan fingerprint density at radius 2 is 1.90 bits per heavy atom. The maximum absolute atomic E-state index is 11.5. The third kappa shape index (κ3) is 4.09. The second kappa shape index (κ2) is 6.43. The van der Waals surface area contributed by atoms with Crippen LogP contribution in [0.4, 0.5) is 4.79 Å². The molecule has 0 unspecified atom stereocenters. The van der Waals surface area contributed by atoms with Gasteiger partial charge in [-0.3, -0.25) is 4.79 Å². The zero-order chi connectivity index (χ0) is 15.4. The van der Waals surface area contributed by atoms with Crippen molar-refractivity contribution in [1.29, 1.82) is 0 Å². The van der Waals surface area contributed by atoms with Gasteiger partial charge in [-0.2, -0.15) is 0 Å². The van der Waals surface area contributed by atoms with Gasteiger partial charge >= 0.3 is 12.1 Å². The van der Waals surface area contributed by atoms with E-state index in [4.69, 9.17) is 4.74 Å². The summed E-state index contributed by atoms with van der Waals surface area (Å²) in [4.78, 5) is 22.7. The Morgan fingerprint density at radius 3 is 2.30 bits per heavy atom. The minimum absolute atomic E-state index is 0.0440. The van der Waals surface area contributed by atoms with Crippen molar-refractivity contribution in [2.75, 3.05) is 19.4 Å². The number of aliphatic carboxylic acids is 1. The number of carboxylic acids is 1. The van der Waals surface area contributed by atoms with Crippen LogP contribution < -0.4 is 5.32 Å². The van der Waals surface area contributed by atoms with Crippen molar-refractivity contribution in [3.63, 3.8) is 0 Å². The first-order valence-corrected chi connectivity index (χ1v) is 8.49. The van der Waals surface area contributed by atoms with E-state index in [0.29, 0.717) is 12.8 Å². The van der Waals surface area contributed by atoms with Crippen molar-refractivity contribution < 1.29 is 27.9 Å². The molecule has 0 aliphatic heterocycles. The predicted molar refractivity (Wildman–Crippen MR) is 72.2 cm³/mol. The molecule has 116 valence electrons. The fourth-order valence-electron chi connectivity index (χ4n) is 2.46. The normalized spacial score (nSPS) is 26.8. The summed E-state index contributed by atoms with van der Waals surface area (Å²) < 4.78 is 27.7. The standard InChI is InChI=1S/C12H21NO6S/c1-3-19-11(16)13-8-12(10(14)15)6-4-9(5-7-12)20(2,17)18/h9H,3-8H2,1-2H3,(H,13,16)(H,14,15). The summed E-state index contributed by atoms with van der Waals surface area (Å²) in [5.41, 5.74) is -1.10. The van der Waals surface area contributed by atoms with Gasteiger partial charge in [0.15, 0.2) is 0 Å². The number of hydrogen-bond acceptors (Lipinski definition) is 5. The minimum atomic E-state index is -3.15. The molecule has 1 rings (SSSR count). The molecule has 0 aromatic carbocycles. The molecule has 1 aliphatic carbocycles. The lowest BCUT2D eigenvalue weighted by Gasteiger charge is -2.36. The summed E-state index contributed by atoms with van der Waals surface area (Å²) in [6.45, 7) is 1.82. The highest BCUT2D eigenvalue weighted by Gasteiger charge is 2.44. The largest absolute Gasteiger partial charge is 0.481 e. The summed E-state index contributed by atoms with van der Waals surface area (Å²) in [6, 6.07) is 0. The van der Waals surface area contributed by atoms with Gasteiger partial charge in [-0.1, -0.05) is 0 Å². The van der Waals surface area contributed by atoms with E-state index >= 15 is 0 Å². The molecule has 0 spiro atoms. The van der Waals surface area contributed by atoms with Crippen LogP contribution in [0.2, 0.25) is 0 Å². The molecular formula is C12H21NO6S. The molecule has 0 heterocycles. The number of carbonyl (C=O) groups excluding carboxylic acids is 1. The number of amides is 1. The van der Waals surface area contributed by atoms with E-state index in [1.165, 1.54) is 6.26 Å². The Hall–Kier alpha value is -1.31. The molecule has 20 heavy (non-hydrogen) atoms. The van der Waals surface area contributed by atoms with E-state index in [1.54, 1.807) is 6.92 Å². The molecule has 0 radical (unpaired) electrons. The lowest BCUT2D eigenvalue weighted by atomic mass is 9.74. The summed E-state index contributed by atoms with van der Waals surface area (Å²) in [5, 5.41) is 11.3. The molecule has 0 atom stereocenters. The highest BCUT2D eigenvalue weighted by atomic mass is 32.2. The first-order chi connectivity index (χ1) is 9.21. The molecule has 0 aromatic heterocycles. The first-order valence-electron chi connectivity index (χ1n) is 6.54. The second-order valence-corrected chi connectivity index (χ2v) is 7.51. The number of nitrogens with one attached hydrogen (secondary N) is 1. The van der Waals surface area contributed by atoms with Crippen molar-refractivity contribution in [3.05, 3.63) is 0 Å². The molecular weight excluding hydrogens is 286 g/mol. The van der Waals surface area contributed by atoms with Gasteiger partial charge < -0.3 is 15.2 Å². The number of carbonyl (C=O) groups is 2. The number of ether oxygens (including phenoxy) is 1. The molecule has 0 aromatic rings. The minimum Gasteiger partial charge on any atom is -0.481 e. The van der Waals surface area contributed by atoms with Gasteiger partial charge in [0.25, 0.3) is 0 Å². The van der Waals surface area contributed by atoms with E-state index < -0.39 is 32.6 Å². The fourth-order valence-corrected chi connectivity index (χ4v) is 3.55. The van der Waals surface area contributed by atoms with Crippen LogP contribution in [0.3, 0.4) is 0 Å².